The number of rotatable bonds is 6. The van der Waals surface area contributed by atoms with Gasteiger partial charge >= 0.3 is 44.9 Å². The van der Waals surface area contributed by atoms with E-state index in [4.69, 9.17) is 64.7 Å². The average Bonchev–Trinajstić information content (AvgIpc) is 2.65. The molecule has 2 atom stereocenters. The number of hydrogen-bond donors (Lipinski definition) is 4. The Morgan fingerprint density at radius 1 is 0.806 bits per heavy atom. The number of carboxylic acid groups (broad SMARTS) is 4. The van der Waals surface area contributed by atoms with Crippen LogP contribution in [0, 0.1) is 5.92 Å². The molecule has 0 aromatic rings. The maximum absolute atomic E-state index is 10.5. The molecule has 1 saturated carbocycles. The standard InChI is InChI=1S/C8H16O2.C6H12N2.C2H2Cl2O2.C2H2O4.Pt/c1-3-5-7(6-4-2)8(9)10;7-5-3-1-2-4-6(5)8;2*3-1(4)2(5)6;/h7H,3-6H2,1-2H3,(H,9,10);5-8H,1-4H2;1H,(H,5,6);(H,3,4)(H,5,6);/q;-2;;;+2. The van der Waals surface area contributed by atoms with Gasteiger partial charge in [0.2, 0.25) is 4.84 Å². The molecule has 0 heterocycles. The van der Waals surface area contributed by atoms with Crippen LogP contribution >= 0.6 is 23.2 Å². The molecule has 0 spiro atoms. The second-order valence-electron chi connectivity index (χ2n) is 6.36. The molecular weight excluding hydrogens is 638 g/mol. The summed E-state index contributed by atoms with van der Waals surface area (Å²) in [5, 5.41) is 31.1. The quantitative estimate of drug-likeness (QED) is 0.230. The number of carbonyl (C=O) groups is 4. The minimum atomic E-state index is -1.82. The molecule has 1 aliphatic carbocycles. The normalized spacial score (nSPS) is 16.8. The summed E-state index contributed by atoms with van der Waals surface area (Å²) in [4.78, 5) is 36.8. The summed E-state index contributed by atoms with van der Waals surface area (Å²) in [5.74, 6) is -5.60. The Morgan fingerprint density at radius 3 is 1.23 bits per heavy atom. The van der Waals surface area contributed by atoms with Crippen LogP contribution in [-0.4, -0.2) is 61.2 Å². The summed E-state index contributed by atoms with van der Waals surface area (Å²) in [6, 6.07) is -0.160. The molecule has 0 aliphatic heterocycles. The zero-order valence-electron chi connectivity index (χ0n) is 17.5. The molecule has 6 N–H and O–H groups in total. The van der Waals surface area contributed by atoms with Crippen LogP contribution in [0.5, 0.6) is 0 Å². The van der Waals surface area contributed by atoms with Crippen LogP contribution in [0.15, 0.2) is 0 Å². The molecule has 186 valence electrons. The molecule has 0 aromatic heterocycles. The van der Waals surface area contributed by atoms with Crippen LogP contribution in [0.3, 0.4) is 0 Å². The van der Waals surface area contributed by atoms with Crippen molar-refractivity contribution in [3.05, 3.63) is 11.5 Å². The van der Waals surface area contributed by atoms with E-state index < -0.39 is 28.7 Å². The van der Waals surface area contributed by atoms with Gasteiger partial charge in [-0.05, 0) is 12.8 Å². The molecule has 0 amide bonds. The summed E-state index contributed by atoms with van der Waals surface area (Å²) in [6.07, 6.45) is 7.83. The van der Waals surface area contributed by atoms with Crippen LogP contribution in [0.1, 0.15) is 65.2 Å². The van der Waals surface area contributed by atoms with Crippen molar-refractivity contribution in [2.45, 2.75) is 82.1 Å². The Morgan fingerprint density at radius 2 is 1.10 bits per heavy atom. The van der Waals surface area contributed by atoms with Crippen LogP contribution < -0.4 is 0 Å². The van der Waals surface area contributed by atoms with Gasteiger partial charge in [-0.15, -0.1) is 0 Å². The van der Waals surface area contributed by atoms with Crippen molar-refractivity contribution in [1.82, 2.24) is 0 Å². The Hall–Kier alpha value is -0.932. The molecule has 0 bridgehead atoms. The third-order valence-corrected chi connectivity index (χ3v) is 4.13. The predicted octanol–water partition coefficient (Wildman–Crippen LogP) is 4.72. The maximum Gasteiger partial charge on any atom is 2.00 e. The van der Waals surface area contributed by atoms with Gasteiger partial charge in [0.15, 0.2) is 0 Å². The molecule has 1 rings (SSSR count). The van der Waals surface area contributed by atoms with Gasteiger partial charge in [0.25, 0.3) is 0 Å². The molecule has 13 heteroatoms. The van der Waals surface area contributed by atoms with Gasteiger partial charge < -0.3 is 31.9 Å². The number of nitrogens with one attached hydrogen (secondary N) is 2. The van der Waals surface area contributed by atoms with Crippen molar-refractivity contribution < 1.29 is 60.7 Å². The van der Waals surface area contributed by atoms with Crippen molar-refractivity contribution in [3.8, 4) is 0 Å². The molecule has 0 aromatic carbocycles. The molecule has 1 fully saturated rings. The van der Waals surface area contributed by atoms with E-state index in [-0.39, 0.29) is 39.1 Å². The van der Waals surface area contributed by atoms with E-state index in [1.807, 2.05) is 13.8 Å². The number of carboxylic acids is 4. The molecule has 1 aliphatic rings. The van der Waals surface area contributed by atoms with Crippen LogP contribution in [0.25, 0.3) is 11.5 Å². The van der Waals surface area contributed by atoms with Gasteiger partial charge in [0, 0.05) is 0 Å². The Balaban J connectivity index is -0.000000159. The number of aliphatic carboxylic acids is 4. The van der Waals surface area contributed by atoms with Crippen LogP contribution in [-0.2, 0) is 40.2 Å². The van der Waals surface area contributed by atoms with Gasteiger partial charge in [-0.25, -0.2) is 14.4 Å². The van der Waals surface area contributed by atoms with Gasteiger partial charge in [-0.1, -0.05) is 75.6 Å². The van der Waals surface area contributed by atoms with E-state index in [0.717, 1.165) is 38.5 Å². The zero-order valence-corrected chi connectivity index (χ0v) is 21.2. The van der Waals surface area contributed by atoms with Gasteiger partial charge in [0.1, 0.15) is 0 Å². The summed E-state index contributed by atoms with van der Waals surface area (Å²) in [7, 11) is 0. The SMILES string of the molecule is CCCC(CCC)C(=O)O.O=C(O)C(=O)O.O=C(O)C(Cl)Cl.[NH-]C1CCCCC1[NH-].[Pt+2]. The first-order valence-electron chi connectivity index (χ1n) is 9.43. The Labute approximate surface area is 206 Å². The fourth-order valence-electron chi connectivity index (χ4n) is 2.22. The first-order chi connectivity index (χ1) is 13.8. The van der Waals surface area contributed by atoms with Crippen molar-refractivity contribution in [2.24, 2.45) is 5.92 Å². The van der Waals surface area contributed by atoms with Crippen molar-refractivity contribution in [2.75, 3.05) is 0 Å². The number of alkyl halides is 2. The molecule has 0 radical (unpaired) electrons. The van der Waals surface area contributed by atoms with E-state index in [1.54, 1.807) is 0 Å². The van der Waals surface area contributed by atoms with Crippen LogP contribution in [0.2, 0.25) is 0 Å². The van der Waals surface area contributed by atoms with E-state index in [2.05, 4.69) is 0 Å². The molecule has 31 heavy (non-hydrogen) atoms. The second kappa shape index (κ2) is 23.7. The van der Waals surface area contributed by atoms with Gasteiger partial charge in [0.05, 0.1) is 5.92 Å². The fraction of sp³-hybridized carbons (Fsp3) is 0.778. The molecule has 10 nitrogen and oxygen atoms in total. The smallest absolute Gasteiger partial charge is 0.676 e. The zero-order chi connectivity index (χ0) is 24.3. The Kier molecular flexibility index (Phi) is 28.6. The minimum Gasteiger partial charge on any atom is -0.676 e. The first-order valence-corrected chi connectivity index (χ1v) is 10.3. The number of hydrogen-bond acceptors (Lipinski definition) is 4. The first kappa shape index (κ1) is 37.4. The molecular formula is C18H32Cl2N2O8Pt. The summed E-state index contributed by atoms with van der Waals surface area (Å²) in [6.45, 7) is 4.04. The fourth-order valence-corrected chi connectivity index (χ4v) is 2.22. The summed E-state index contributed by atoms with van der Waals surface area (Å²) < 4.78 is 0. The minimum absolute atomic E-state index is 0. The maximum atomic E-state index is 10.5. The summed E-state index contributed by atoms with van der Waals surface area (Å²) >= 11 is 9.56. The third kappa shape index (κ3) is 27.0. The second-order valence-corrected chi connectivity index (χ2v) is 7.46. The Bertz CT molecular complexity index is 485. The monoisotopic (exact) mass is 669 g/mol. The van der Waals surface area contributed by atoms with E-state index in [1.165, 1.54) is 12.8 Å². The van der Waals surface area contributed by atoms with Gasteiger partial charge in [-0.3, -0.25) is 4.79 Å². The van der Waals surface area contributed by atoms with Gasteiger partial charge in [-0.2, -0.15) is 12.1 Å². The van der Waals surface area contributed by atoms with Crippen molar-refractivity contribution >= 4 is 47.1 Å². The topological polar surface area (TPSA) is 197 Å². The summed E-state index contributed by atoms with van der Waals surface area (Å²) in [5.41, 5.74) is 14.6. The van der Waals surface area contributed by atoms with E-state index >= 15 is 0 Å². The average molecular weight is 670 g/mol. The van der Waals surface area contributed by atoms with Crippen molar-refractivity contribution in [1.29, 1.82) is 0 Å². The third-order valence-electron chi connectivity index (χ3n) is 3.76. The van der Waals surface area contributed by atoms with Crippen molar-refractivity contribution in [3.63, 3.8) is 0 Å². The molecule has 2 unspecified atom stereocenters. The van der Waals surface area contributed by atoms with E-state index in [9.17, 15) is 9.59 Å². The largest absolute Gasteiger partial charge is 2.00 e. The predicted molar refractivity (Wildman–Crippen MR) is 114 cm³/mol. The van der Waals surface area contributed by atoms with E-state index in [0.29, 0.717) is 0 Å². The number of halogens is 2. The van der Waals surface area contributed by atoms with Crippen LogP contribution in [0.4, 0.5) is 0 Å². The molecule has 0 saturated heterocycles.